The number of aryl methyl sites for hydroxylation is 2. The standard InChI is InChI=1S/C11H14N4/c1-8-4-3-5-13-10(8)9(12)11-14-6-7-15(11)2/h3-7,9H,12H2,1-2H3. The third kappa shape index (κ3) is 1.76. The molecule has 4 heteroatoms. The van der Waals surface area contributed by atoms with Gasteiger partial charge < -0.3 is 10.3 Å². The molecule has 0 aromatic carbocycles. The Morgan fingerprint density at radius 1 is 1.33 bits per heavy atom. The molecule has 4 nitrogen and oxygen atoms in total. The van der Waals surface area contributed by atoms with Gasteiger partial charge in [-0.3, -0.25) is 4.98 Å². The van der Waals surface area contributed by atoms with Crippen molar-refractivity contribution >= 4 is 0 Å². The number of nitrogens with two attached hydrogens (primary N) is 1. The Balaban J connectivity index is 2.41. The van der Waals surface area contributed by atoms with Crippen LogP contribution in [0, 0.1) is 6.92 Å². The Kier molecular flexibility index (Phi) is 2.51. The third-order valence-corrected chi connectivity index (χ3v) is 2.48. The Morgan fingerprint density at radius 3 is 2.73 bits per heavy atom. The number of rotatable bonds is 2. The maximum atomic E-state index is 6.12. The summed E-state index contributed by atoms with van der Waals surface area (Å²) in [6, 6.07) is 3.65. The molecule has 0 amide bonds. The maximum Gasteiger partial charge on any atom is 0.131 e. The van der Waals surface area contributed by atoms with Gasteiger partial charge in [0.15, 0.2) is 0 Å². The van der Waals surface area contributed by atoms with Crippen LogP contribution in [0.15, 0.2) is 30.7 Å². The molecule has 0 aliphatic rings. The summed E-state index contributed by atoms with van der Waals surface area (Å²) in [6.45, 7) is 2.01. The van der Waals surface area contributed by atoms with Crippen molar-refractivity contribution in [2.24, 2.45) is 12.8 Å². The van der Waals surface area contributed by atoms with Crippen LogP contribution in [0.25, 0.3) is 0 Å². The van der Waals surface area contributed by atoms with Gasteiger partial charge in [-0.2, -0.15) is 0 Å². The van der Waals surface area contributed by atoms with Gasteiger partial charge >= 0.3 is 0 Å². The number of aromatic nitrogens is 3. The molecule has 0 saturated carbocycles. The summed E-state index contributed by atoms with van der Waals surface area (Å²) in [5.41, 5.74) is 8.09. The fourth-order valence-corrected chi connectivity index (χ4v) is 1.62. The second-order valence-electron chi connectivity index (χ2n) is 3.58. The van der Waals surface area contributed by atoms with Crippen LogP contribution in [0.5, 0.6) is 0 Å². The second-order valence-corrected chi connectivity index (χ2v) is 3.58. The van der Waals surface area contributed by atoms with Gasteiger partial charge in [0, 0.05) is 25.6 Å². The van der Waals surface area contributed by atoms with Crippen molar-refractivity contribution in [3.05, 3.63) is 47.8 Å². The van der Waals surface area contributed by atoms with E-state index in [0.29, 0.717) is 0 Å². The fourth-order valence-electron chi connectivity index (χ4n) is 1.62. The van der Waals surface area contributed by atoms with Gasteiger partial charge in [-0.15, -0.1) is 0 Å². The minimum atomic E-state index is -0.258. The van der Waals surface area contributed by atoms with Gasteiger partial charge in [0.1, 0.15) is 11.9 Å². The lowest BCUT2D eigenvalue weighted by Gasteiger charge is -2.12. The smallest absolute Gasteiger partial charge is 0.131 e. The Labute approximate surface area is 88.8 Å². The van der Waals surface area contributed by atoms with E-state index in [-0.39, 0.29) is 6.04 Å². The summed E-state index contributed by atoms with van der Waals surface area (Å²) in [7, 11) is 1.93. The van der Waals surface area contributed by atoms with Gasteiger partial charge in [0.25, 0.3) is 0 Å². The van der Waals surface area contributed by atoms with E-state index < -0.39 is 0 Å². The zero-order valence-electron chi connectivity index (χ0n) is 8.88. The van der Waals surface area contributed by atoms with Crippen LogP contribution in [-0.2, 0) is 7.05 Å². The quantitative estimate of drug-likeness (QED) is 0.795. The molecule has 2 aromatic rings. The first-order valence-corrected chi connectivity index (χ1v) is 4.84. The van der Waals surface area contributed by atoms with Crippen molar-refractivity contribution in [1.29, 1.82) is 0 Å². The van der Waals surface area contributed by atoms with Crippen LogP contribution in [0.1, 0.15) is 23.1 Å². The zero-order chi connectivity index (χ0) is 10.8. The molecule has 0 aliphatic carbocycles. The fraction of sp³-hybridized carbons (Fsp3) is 0.273. The molecule has 2 rings (SSSR count). The molecular formula is C11H14N4. The maximum absolute atomic E-state index is 6.12. The van der Waals surface area contributed by atoms with Gasteiger partial charge in [0.2, 0.25) is 0 Å². The molecule has 15 heavy (non-hydrogen) atoms. The van der Waals surface area contributed by atoms with E-state index in [1.165, 1.54) is 0 Å². The van der Waals surface area contributed by atoms with E-state index in [1.54, 1.807) is 12.4 Å². The lowest BCUT2D eigenvalue weighted by molar-refractivity contribution is 0.695. The van der Waals surface area contributed by atoms with E-state index >= 15 is 0 Å². The van der Waals surface area contributed by atoms with Crippen molar-refractivity contribution in [3.63, 3.8) is 0 Å². The molecule has 1 unspecified atom stereocenters. The van der Waals surface area contributed by atoms with Crippen molar-refractivity contribution in [2.45, 2.75) is 13.0 Å². The molecule has 1 atom stereocenters. The number of hydrogen-bond donors (Lipinski definition) is 1. The number of nitrogens with zero attached hydrogens (tertiary/aromatic N) is 3. The summed E-state index contributed by atoms with van der Waals surface area (Å²) in [4.78, 5) is 8.53. The molecule has 0 spiro atoms. The lowest BCUT2D eigenvalue weighted by Crippen LogP contribution is -2.18. The first-order valence-electron chi connectivity index (χ1n) is 4.84. The summed E-state index contributed by atoms with van der Waals surface area (Å²) in [6.07, 6.45) is 5.38. The van der Waals surface area contributed by atoms with Gasteiger partial charge in [-0.25, -0.2) is 4.98 Å². The largest absolute Gasteiger partial charge is 0.336 e. The number of hydrogen-bond acceptors (Lipinski definition) is 3. The predicted octanol–water partition coefficient (Wildman–Crippen LogP) is 1.17. The van der Waals surface area contributed by atoms with Crippen molar-refractivity contribution in [1.82, 2.24) is 14.5 Å². The van der Waals surface area contributed by atoms with Crippen LogP contribution in [0.2, 0.25) is 0 Å². The van der Waals surface area contributed by atoms with Crippen molar-refractivity contribution in [2.75, 3.05) is 0 Å². The average Bonchev–Trinajstić information content (AvgIpc) is 2.64. The topological polar surface area (TPSA) is 56.7 Å². The molecule has 0 radical (unpaired) electrons. The van der Waals surface area contributed by atoms with Gasteiger partial charge in [0.05, 0.1) is 5.69 Å². The first-order chi connectivity index (χ1) is 7.20. The molecular weight excluding hydrogens is 188 g/mol. The van der Waals surface area contributed by atoms with Crippen LogP contribution in [0.3, 0.4) is 0 Å². The molecule has 0 fully saturated rings. The minimum Gasteiger partial charge on any atom is -0.336 e. The molecule has 0 saturated heterocycles. The second kappa shape index (κ2) is 3.82. The van der Waals surface area contributed by atoms with Crippen LogP contribution in [-0.4, -0.2) is 14.5 Å². The van der Waals surface area contributed by atoms with Crippen LogP contribution in [0.4, 0.5) is 0 Å². The van der Waals surface area contributed by atoms with E-state index in [1.807, 2.05) is 36.9 Å². The molecule has 2 aromatic heterocycles. The summed E-state index contributed by atoms with van der Waals surface area (Å²) < 4.78 is 1.92. The van der Waals surface area contributed by atoms with Gasteiger partial charge in [-0.1, -0.05) is 6.07 Å². The third-order valence-electron chi connectivity index (χ3n) is 2.48. The van der Waals surface area contributed by atoms with Gasteiger partial charge in [-0.05, 0) is 18.6 Å². The molecule has 0 bridgehead atoms. The first kappa shape index (κ1) is 9.86. The molecule has 0 aliphatic heterocycles. The predicted molar refractivity (Wildman–Crippen MR) is 58.2 cm³/mol. The Morgan fingerprint density at radius 2 is 2.13 bits per heavy atom. The number of pyridine rings is 1. The summed E-state index contributed by atoms with van der Waals surface area (Å²) in [5, 5.41) is 0. The highest BCUT2D eigenvalue weighted by atomic mass is 15.1. The van der Waals surface area contributed by atoms with Crippen LogP contribution < -0.4 is 5.73 Å². The molecule has 2 heterocycles. The van der Waals surface area contributed by atoms with Crippen LogP contribution >= 0.6 is 0 Å². The normalized spacial score (nSPS) is 12.7. The Hall–Kier alpha value is -1.68. The summed E-state index contributed by atoms with van der Waals surface area (Å²) >= 11 is 0. The van der Waals surface area contributed by atoms with E-state index in [9.17, 15) is 0 Å². The molecule has 2 N–H and O–H groups in total. The summed E-state index contributed by atoms with van der Waals surface area (Å²) in [5.74, 6) is 0.830. The van der Waals surface area contributed by atoms with E-state index in [4.69, 9.17) is 5.73 Å². The highest BCUT2D eigenvalue weighted by molar-refractivity contribution is 5.25. The highest BCUT2D eigenvalue weighted by Crippen LogP contribution is 2.18. The minimum absolute atomic E-state index is 0.258. The lowest BCUT2D eigenvalue weighted by atomic mass is 10.1. The number of imidazole rings is 1. The van der Waals surface area contributed by atoms with Crippen molar-refractivity contribution in [3.8, 4) is 0 Å². The highest BCUT2D eigenvalue weighted by Gasteiger charge is 2.15. The monoisotopic (exact) mass is 202 g/mol. The van der Waals surface area contributed by atoms with E-state index in [2.05, 4.69) is 9.97 Å². The average molecular weight is 202 g/mol. The molecule has 78 valence electrons. The zero-order valence-corrected chi connectivity index (χ0v) is 8.88. The van der Waals surface area contributed by atoms with Crippen molar-refractivity contribution < 1.29 is 0 Å². The SMILES string of the molecule is Cc1cccnc1C(N)c1nccn1C. The van der Waals surface area contributed by atoms with E-state index in [0.717, 1.165) is 17.1 Å². The Bertz CT molecular complexity index is 461.